The van der Waals surface area contributed by atoms with Gasteiger partial charge in [0.2, 0.25) is 0 Å². The van der Waals surface area contributed by atoms with Crippen molar-refractivity contribution in [3.63, 3.8) is 0 Å². The first-order valence-corrected chi connectivity index (χ1v) is 5.98. The molecule has 0 fully saturated rings. The molecule has 5 nitrogen and oxygen atoms in total. The predicted octanol–water partition coefficient (Wildman–Crippen LogP) is 1.86. The van der Waals surface area contributed by atoms with Gasteiger partial charge in [0.1, 0.15) is 0 Å². The van der Waals surface area contributed by atoms with Crippen LogP contribution in [-0.4, -0.2) is 23.7 Å². The summed E-state index contributed by atoms with van der Waals surface area (Å²) in [5.41, 5.74) is 7.83. The first-order chi connectivity index (χ1) is 9.02. The molecule has 1 aromatic carbocycles. The smallest absolute Gasteiger partial charge is 0.328 e. The maximum atomic E-state index is 11.3. The van der Waals surface area contributed by atoms with Gasteiger partial charge in [-0.2, -0.15) is 0 Å². The molecule has 0 unspecified atom stereocenters. The second-order valence-corrected chi connectivity index (χ2v) is 3.93. The quantitative estimate of drug-likeness (QED) is 0.464. The van der Waals surface area contributed by atoms with E-state index < -0.39 is 5.97 Å². The highest BCUT2D eigenvalue weighted by Gasteiger charge is 2.06. The number of carbonyl (C=O) groups excluding carboxylic acids is 1. The molecule has 5 heteroatoms. The molecular weight excluding hydrogens is 246 g/mol. The van der Waals surface area contributed by atoms with Crippen molar-refractivity contribution in [3.8, 4) is 0 Å². The summed E-state index contributed by atoms with van der Waals surface area (Å²) in [5.74, 6) is -1.30. The van der Waals surface area contributed by atoms with E-state index in [1.807, 2.05) is 0 Å². The minimum absolute atomic E-state index is 0.241. The Bertz CT molecular complexity index is 494. The van der Waals surface area contributed by atoms with Crippen molar-refractivity contribution < 1.29 is 19.4 Å². The lowest BCUT2D eigenvalue weighted by Crippen LogP contribution is -2.06. The molecule has 0 aliphatic heterocycles. The zero-order valence-corrected chi connectivity index (χ0v) is 10.8. The number of rotatable bonds is 6. The van der Waals surface area contributed by atoms with E-state index in [2.05, 4.69) is 0 Å². The standard InChI is InChI=1S/C14H17NO4/c1-2-19-14(18)8-5-11-9-12(15)6-3-10(11)4-7-13(16)17/h3-4,6-7,9H,2,5,8,15H2,1H3,(H,16,17). The number of carboxylic acids is 1. The molecule has 0 bridgehead atoms. The predicted molar refractivity (Wildman–Crippen MR) is 72.5 cm³/mol. The average Bonchev–Trinajstić information content (AvgIpc) is 2.35. The van der Waals surface area contributed by atoms with E-state index in [-0.39, 0.29) is 12.4 Å². The number of aliphatic carboxylic acids is 1. The third-order valence-electron chi connectivity index (χ3n) is 2.48. The lowest BCUT2D eigenvalue weighted by molar-refractivity contribution is -0.143. The second-order valence-electron chi connectivity index (χ2n) is 3.93. The van der Waals surface area contributed by atoms with Crippen LogP contribution in [0.3, 0.4) is 0 Å². The zero-order chi connectivity index (χ0) is 14.3. The molecule has 0 radical (unpaired) electrons. The molecule has 0 heterocycles. The van der Waals surface area contributed by atoms with Crippen molar-refractivity contribution in [2.45, 2.75) is 19.8 Å². The van der Waals surface area contributed by atoms with Crippen LogP contribution < -0.4 is 5.73 Å². The number of anilines is 1. The van der Waals surface area contributed by atoms with Gasteiger partial charge in [0.15, 0.2) is 0 Å². The van der Waals surface area contributed by atoms with E-state index in [0.717, 1.165) is 17.2 Å². The molecule has 1 rings (SSSR count). The molecule has 3 N–H and O–H groups in total. The van der Waals surface area contributed by atoms with Crippen LogP contribution in [0.1, 0.15) is 24.5 Å². The van der Waals surface area contributed by atoms with Crippen molar-refractivity contribution >= 4 is 23.7 Å². The number of nitrogen functional groups attached to an aromatic ring is 1. The number of hydrogen-bond donors (Lipinski definition) is 2. The van der Waals surface area contributed by atoms with Crippen molar-refractivity contribution in [1.82, 2.24) is 0 Å². The summed E-state index contributed by atoms with van der Waals surface area (Å²) >= 11 is 0. The third-order valence-corrected chi connectivity index (χ3v) is 2.48. The van der Waals surface area contributed by atoms with Crippen molar-refractivity contribution in [2.75, 3.05) is 12.3 Å². The Morgan fingerprint density at radius 2 is 2.16 bits per heavy atom. The molecular formula is C14H17NO4. The fraction of sp³-hybridized carbons (Fsp3) is 0.286. The Hall–Kier alpha value is -2.30. The van der Waals surface area contributed by atoms with Crippen LogP contribution in [0.25, 0.3) is 6.08 Å². The highest BCUT2D eigenvalue weighted by atomic mass is 16.5. The summed E-state index contributed by atoms with van der Waals surface area (Å²) in [4.78, 5) is 21.8. The first kappa shape index (κ1) is 14.8. The van der Waals surface area contributed by atoms with Gasteiger partial charge in [0.25, 0.3) is 0 Å². The number of carbonyl (C=O) groups is 2. The Labute approximate surface area is 111 Å². The number of aryl methyl sites for hydroxylation is 1. The highest BCUT2D eigenvalue weighted by Crippen LogP contribution is 2.17. The molecule has 0 saturated carbocycles. The van der Waals surface area contributed by atoms with Crippen molar-refractivity contribution in [2.24, 2.45) is 0 Å². The molecule has 102 valence electrons. The van der Waals surface area contributed by atoms with Gasteiger partial charge in [-0.3, -0.25) is 4.79 Å². The largest absolute Gasteiger partial charge is 0.478 e. The van der Waals surface area contributed by atoms with Crippen LogP contribution >= 0.6 is 0 Å². The summed E-state index contributed by atoms with van der Waals surface area (Å²) in [6.45, 7) is 2.10. The van der Waals surface area contributed by atoms with Gasteiger partial charge in [-0.1, -0.05) is 6.07 Å². The van der Waals surface area contributed by atoms with E-state index in [9.17, 15) is 9.59 Å². The number of hydrogen-bond acceptors (Lipinski definition) is 4. The summed E-state index contributed by atoms with van der Waals surface area (Å²) in [6.07, 6.45) is 3.25. The first-order valence-electron chi connectivity index (χ1n) is 5.98. The van der Waals surface area contributed by atoms with Crippen molar-refractivity contribution in [3.05, 3.63) is 35.4 Å². The van der Waals surface area contributed by atoms with Gasteiger partial charge in [-0.05, 0) is 42.7 Å². The van der Waals surface area contributed by atoms with E-state index in [1.165, 1.54) is 6.08 Å². The van der Waals surface area contributed by atoms with Crippen LogP contribution in [0, 0.1) is 0 Å². The number of nitrogens with two attached hydrogens (primary N) is 1. The van der Waals surface area contributed by atoms with Crippen LogP contribution in [0.4, 0.5) is 5.69 Å². The molecule has 0 aliphatic carbocycles. The van der Waals surface area contributed by atoms with Crippen LogP contribution in [0.5, 0.6) is 0 Å². The van der Waals surface area contributed by atoms with E-state index in [4.69, 9.17) is 15.6 Å². The van der Waals surface area contributed by atoms with E-state index in [0.29, 0.717) is 18.7 Å². The van der Waals surface area contributed by atoms with E-state index >= 15 is 0 Å². The molecule has 0 amide bonds. The van der Waals surface area contributed by atoms with E-state index in [1.54, 1.807) is 25.1 Å². The van der Waals surface area contributed by atoms with Crippen LogP contribution in [0.2, 0.25) is 0 Å². The number of carboxylic acid groups (broad SMARTS) is 1. The zero-order valence-electron chi connectivity index (χ0n) is 10.8. The minimum Gasteiger partial charge on any atom is -0.478 e. The molecule has 0 spiro atoms. The molecule has 0 aliphatic rings. The number of benzene rings is 1. The van der Waals surface area contributed by atoms with Gasteiger partial charge in [0.05, 0.1) is 6.61 Å². The monoisotopic (exact) mass is 263 g/mol. The Morgan fingerprint density at radius 1 is 1.42 bits per heavy atom. The Morgan fingerprint density at radius 3 is 2.79 bits per heavy atom. The molecule has 0 aromatic heterocycles. The normalized spacial score (nSPS) is 10.6. The Kier molecular flexibility index (Phi) is 5.60. The van der Waals surface area contributed by atoms with Gasteiger partial charge in [0, 0.05) is 18.2 Å². The summed E-state index contributed by atoms with van der Waals surface area (Å²) in [7, 11) is 0. The fourth-order valence-corrected chi connectivity index (χ4v) is 1.64. The van der Waals surface area contributed by atoms with Gasteiger partial charge >= 0.3 is 11.9 Å². The summed E-state index contributed by atoms with van der Waals surface area (Å²) in [5, 5.41) is 8.62. The van der Waals surface area contributed by atoms with Gasteiger partial charge in [-0.25, -0.2) is 4.79 Å². The topological polar surface area (TPSA) is 89.6 Å². The van der Waals surface area contributed by atoms with Crippen LogP contribution in [-0.2, 0) is 20.7 Å². The van der Waals surface area contributed by atoms with Gasteiger partial charge < -0.3 is 15.6 Å². The fourth-order valence-electron chi connectivity index (χ4n) is 1.64. The lowest BCUT2D eigenvalue weighted by atomic mass is 10.0. The summed E-state index contributed by atoms with van der Waals surface area (Å²) < 4.78 is 4.85. The minimum atomic E-state index is -1.02. The average molecular weight is 263 g/mol. The molecule has 0 saturated heterocycles. The second kappa shape index (κ2) is 7.20. The SMILES string of the molecule is CCOC(=O)CCc1cc(N)ccc1C=CC(=O)O. The maximum Gasteiger partial charge on any atom is 0.328 e. The third kappa shape index (κ3) is 5.25. The molecule has 0 atom stereocenters. The maximum absolute atomic E-state index is 11.3. The number of esters is 1. The van der Waals surface area contributed by atoms with Gasteiger partial charge in [-0.15, -0.1) is 0 Å². The highest BCUT2D eigenvalue weighted by molar-refractivity contribution is 5.85. The van der Waals surface area contributed by atoms with Crippen molar-refractivity contribution in [1.29, 1.82) is 0 Å². The van der Waals surface area contributed by atoms with Crippen LogP contribution in [0.15, 0.2) is 24.3 Å². The number of ether oxygens (including phenoxy) is 1. The Balaban J connectivity index is 2.82. The molecule has 19 heavy (non-hydrogen) atoms. The molecule has 1 aromatic rings. The summed E-state index contributed by atoms with van der Waals surface area (Å²) in [6, 6.07) is 5.16. The lowest BCUT2D eigenvalue weighted by Gasteiger charge is -2.07.